The third kappa shape index (κ3) is 4.53. The maximum absolute atomic E-state index is 4.59. The van der Waals surface area contributed by atoms with Gasteiger partial charge in [-0.3, -0.25) is 4.98 Å². The highest BCUT2D eigenvalue weighted by Crippen LogP contribution is 2.19. The Hall–Kier alpha value is -1.94. The maximum Gasteiger partial charge on any atom is 0.133 e. The second-order valence-electron chi connectivity index (χ2n) is 5.39. The summed E-state index contributed by atoms with van der Waals surface area (Å²) in [5.41, 5.74) is 2.49. The van der Waals surface area contributed by atoms with Crippen molar-refractivity contribution < 1.29 is 0 Å². The van der Waals surface area contributed by atoms with Gasteiger partial charge in [-0.05, 0) is 30.7 Å². The minimum absolute atomic E-state index is 0.466. The topological polar surface area (TPSA) is 41.1 Å². The molecule has 2 rings (SSSR count). The fourth-order valence-electron chi connectivity index (χ4n) is 2.21. The lowest BCUT2D eigenvalue weighted by atomic mass is 10.2. The minimum atomic E-state index is 0.466. The summed E-state index contributed by atoms with van der Waals surface area (Å²) in [5, 5.41) is 3.47. The summed E-state index contributed by atoms with van der Waals surface area (Å²) in [6.45, 7) is 9.09. The number of rotatable bonds is 7. The molecule has 0 saturated heterocycles. The Bertz CT molecular complexity index is 539. The summed E-state index contributed by atoms with van der Waals surface area (Å²) in [4.78, 5) is 11.0. The number of nitrogens with zero attached hydrogens (tertiary/aromatic N) is 3. The van der Waals surface area contributed by atoms with Gasteiger partial charge in [-0.25, -0.2) is 4.98 Å². The lowest BCUT2D eigenvalue weighted by Crippen LogP contribution is -2.27. The van der Waals surface area contributed by atoms with Crippen molar-refractivity contribution in [3.63, 3.8) is 0 Å². The Balaban J connectivity index is 2.17. The van der Waals surface area contributed by atoms with Crippen molar-refractivity contribution in [2.45, 2.75) is 39.9 Å². The molecule has 2 heterocycles. The molecular weight excluding hydrogens is 260 g/mol. The van der Waals surface area contributed by atoms with E-state index in [1.54, 1.807) is 0 Å². The normalized spacial score (nSPS) is 10.9. The standard InChI is InChI=1S/C17H24N4/c1-4-21(13-15-7-10-18-11-8-15)17-16(6-5-9-19-17)12-20-14(2)3/h5-11,14,20H,4,12-13H2,1-3H3. The molecule has 2 aromatic rings. The van der Waals surface area contributed by atoms with Crippen LogP contribution in [0.3, 0.4) is 0 Å². The molecule has 0 amide bonds. The fourth-order valence-corrected chi connectivity index (χ4v) is 2.21. The van der Waals surface area contributed by atoms with Crippen LogP contribution in [0.4, 0.5) is 5.82 Å². The van der Waals surface area contributed by atoms with Crippen molar-refractivity contribution in [1.29, 1.82) is 0 Å². The average Bonchev–Trinajstić information content (AvgIpc) is 2.52. The van der Waals surface area contributed by atoms with Gasteiger partial charge in [0.15, 0.2) is 0 Å². The van der Waals surface area contributed by atoms with Gasteiger partial charge in [0, 0.05) is 49.8 Å². The van der Waals surface area contributed by atoms with Crippen LogP contribution < -0.4 is 10.2 Å². The van der Waals surface area contributed by atoms with E-state index in [4.69, 9.17) is 0 Å². The molecule has 0 unspecified atom stereocenters. The predicted molar refractivity (Wildman–Crippen MR) is 87.2 cm³/mol. The summed E-state index contributed by atoms with van der Waals surface area (Å²) in [6, 6.07) is 8.72. The summed E-state index contributed by atoms with van der Waals surface area (Å²) in [6.07, 6.45) is 5.54. The van der Waals surface area contributed by atoms with Crippen LogP contribution in [0.2, 0.25) is 0 Å². The molecule has 4 nitrogen and oxygen atoms in total. The summed E-state index contributed by atoms with van der Waals surface area (Å²) in [5.74, 6) is 1.06. The van der Waals surface area contributed by atoms with Crippen molar-refractivity contribution in [2.24, 2.45) is 0 Å². The predicted octanol–water partition coefficient (Wildman–Crippen LogP) is 3.00. The molecule has 0 aliphatic rings. The highest BCUT2D eigenvalue weighted by atomic mass is 15.2. The number of anilines is 1. The first-order valence-corrected chi connectivity index (χ1v) is 7.51. The molecule has 0 aliphatic heterocycles. The van der Waals surface area contributed by atoms with E-state index in [-0.39, 0.29) is 0 Å². The molecule has 1 N–H and O–H groups in total. The van der Waals surface area contributed by atoms with Crippen LogP contribution in [0, 0.1) is 0 Å². The molecular formula is C17H24N4. The number of hydrogen-bond acceptors (Lipinski definition) is 4. The summed E-state index contributed by atoms with van der Waals surface area (Å²) >= 11 is 0. The van der Waals surface area contributed by atoms with Gasteiger partial charge in [-0.15, -0.1) is 0 Å². The Morgan fingerprint density at radius 2 is 1.90 bits per heavy atom. The lowest BCUT2D eigenvalue weighted by molar-refractivity contribution is 0.586. The quantitative estimate of drug-likeness (QED) is 0.848. The first-order chi connectivity index (χ1) is 10.2. The van der Waals surface area contributed by atoms with Crippen LogP contribution in [0.25, 0.3) is 0 Å². The van der Waals surface area contributed by atoms with E-state index in [0.29, 0.717) is 6.04 Å². The smallest absolute Gasteiger partial charge is 0.133 e. The van der Waals surface area contributed by atoms with Gasteiger partial charge in [-0.2, -0.15) is 0 Å². The largest absolute Gasteiger partial charge is 0.352 e. The molecule has 0 aromatic carbocycles. The minimum Gasteiger partial charge on any atom is -0.352 e. The average molecular weight is 284 g/mol. The van der Waals surface area contributed by atoms with Crippen molar-refractivity contribution in [2.75, 3.05) is 11.4 Å². The zero-order chi connectivity index (χ0) is 15.1. The number of pyridine rings is 2. The van der Waals surface area contributed by atoms with Crippen LogP contribution in [0.15, 0.2) is 42.9 Å². The Labute approximate surface area is 127 Å². The highest BCUT2D eigenvalue weighted by molar-refractivity contribution is 5.47. The summed E-state index contributed by atoms with van der Waals surface area (Å²) in [7, 11) is 0. The summed E-state index contributed by atoms with van der Waals surface area (Å²) < 4.78 is 0. The lowest BCUT2D eigenvalue weighted by Gasteiger charge is -2.25. The van der Waals surface area contributed by atoms with Crippen LogP contribution in [-0.4, -0.2) is 22.6 Å². The first-order valence-electron chi connectivity index (χ1n) is 7.51. The molecule has 0 bridgehead atoms. The molecule has 0 atom stereocenters. The molecule has 0 aliphatic carbocycles. The van der Waals surface area contributed by atoms with Crippen LogP contribution in [-0.2, 0) is 13.1 Å². The van der Waals surface area contributed by atoms with Gasteiger partial charge in [0.1, 0.15) is 5.82 Å². The zero-order valence-electron chi connectivity index (χ0n) is 13.1. The van der Waals surface area contributed by atoms with E-state index in [1.165, 1.54) is 11.1 Å². The first kappa shape index (κ1) is 15.4. The van der Waals surface area contributed by atoms with Crippen molar-refractivity contribution in [3.05, 3.63) is 54.0 Å². The van der Waals surface area contributed by atoms with Crippen molar-refractivity contribution >= 4 is 5.82 Å². The Morgan fingerprint density at radius 3 is 2.57 bits per heavy atom. The highest BCUT2D eigenvalue weighted by Gasteiger charge is 2.11. The van der Waals surface area contributed by atoms with E-state index < -0.39 is 0 Å². The van der Waals surface area contributed by atoms with Gasteiger partial charge in [-0.1, -0.05) is 19.9 Å². The second-order valence-corrected chi connectivity index (χ2v) is 5.39. The third-order valence-electron chi connectivity index (χ3n) is 3.37. The third-order valence-corrected chi connectivity index (χ3v) is 3.37. The Morgan fingerprint density at radius 1 is 1.14 bits per heavy atom. The van der Waals surface area contributed by atoms with Crippen molar-refractivity contribution in [1.82, 2.24) is 15.3 Å². The van der Waals surface area contributed by atoms with Gasteiger partial charge in [0.25, 0.3) is 0 Å². The molecule has 0 saturated carbocycles. The number of aromatic nitrogens is 2. The Kier molecular flexibility index (Phi) is 5.69. The maximum atomic E-state index is 4.59. The SMILES string of the molecule is CCN(Cc1ccncc1)c1ncccc1CNC(C)C. The van der Waals surface area contributed by atoms with E-state index >= 15 is 0 Å². The van der Waals surface area contributed by atoms with Crippen LogP contribution in [0.1, 0.15) is 31.9 Å². The van der Waals surface area contributed by atoms with E-state index in [0.717, 1.165) is 25.5 Å². The van der Waals surface area contributed by atoms with Crippen molar-refractivity contribution in [3.8, 4) is 0 Å². The van der Waals surface area contributed by atoms with Gasteiger partial charge in [0.05, 0.1) is 0 Å². The van der Waals surface area contributed by atoms with Crippen LogP contribution in [0.5, 0.6) is 0 Å². The monoisotopic (exact) mass is 284 g/mol. The molecule has 0 fully saturated rings. The van der Waals surface area contributed by atoms with Gasteiger partial charge in [0.2, 0.25) is 0 Å². The molecule has 0 spiro atoms. The van der Waals surface area contributed by atoms with Gasteiger partial charge < -0.3 is 10.2 Å². The number of nitrogens with one attached hydrogen (secondary N) is 1. The van der Waals surface area contributed by atoms with Gasteiger partial charge >= 0.3 is 0 Å². The van der Waals surface area contributed by atoms with E-state index in [9.17, 15) is 0 Å². The molecule has 112 valence electrons. The zero-order valence-corrected chi connectivity index (χ0v) is 13.1. The molecule has 0 radical (unpaired) electrons. The molecule has 21 heavy (non-hydrogen) atoms. The fraction of sp³-hybridized carbons (Fsp3) is 0.412. The molecule has 2 aromatic heterocycles. The van der Waals surface area contributed by atoms with Crippen LogP contribution >= 0.6 is 0 Å². The van der Waals surface area contributed by atoms with E-state index in [1.807, 2.05) is 24.7 Å². The molecule has 4 heteroatoms. The number of hydrogen-bond donors (Lipinski definition) is 1. The van der Waals surface area contributed by atoms with E-state index in [2.05, 4.69) is 59.2 Å². The second kappa shape index (κ2) is 7.74.